The lowest BCUT2D eigenvalue weighted by atomic mass is 9.99. The van der Waals surface area contributed by atoms with E-state index in [2.05, 4.69) is 5.32 Å². The molecule has 1 fully saturated rings. The van der Waals surface area contributed by atoms with Crippen LogP contribution in [0.2, 0.25) is 0 Å². The normalized spacial score (nSPS) is 23.6. The van der Waals surface area contributed by atoms with Gasteiger partial charge in [0.1, 0.15) is 5.82 Å². The molecule has 5 nitrogen and oxygen atoms in total. The summed E-state index contributed by atoms with van der Waals surface area (Å²) in [7, 11) is 1.44. The van der Waals surface area contributed by atoms with Crippen LogP contribution in [-0.2, 0) is 4.79 Å². The second-order valence-corrected chi connectivity index (χ2v) is 3.84. The van der Waals surface area contributed by atoms with E-state index in [0.29, 0.717) is 0 Å². The molecule has 17 heavy (non-hydrogen) atoms. The van der Waals surface area contributed by atoms with Crippen LogP contribution in [0.5, 0.6) is 0 Å². The monoisotopic (exact) mass is 238 g/mol. The van der Waals surface area contributed by atoms with E-state index >= 15 is 0 Å². The summed E-state index contributed by atoms with van der Waals surface area (Å²) in [5.74, 6) is -1.71. The fraction of sp³-hybridized carbons (Fsp3) is 0.273. The molecule has 2 rings (SSSR count). The van der Waals surface area contributed by atoms with Gasteiger partial charge in [-0.15, -0.1) is 0 Å². The lowest BCUT2D eigenvalue weighted by molar-refractivity contribution is -0.139. The molecule has 0 spiro atoms. The maximum atomic E-state index is 13.6. The summed E-state index contributed by atoms with van der Waals surface area (Å²) in [6.45, 7) is 0. The van der Waals surface area contributed by atoms with E-state index in [1.54, 1.807) is 6.07 Å². The summed E-state index contributed by atoms with van der Waals surface area (Å²) in [5.41, 5.74) is 0.195. The van der Waals surface area contributed by atoms with Crippen LogP contribution >= 0.6 is 0 Å². The first kappa shape index (κ1) is 11.4. The molecule has 2 unspecified atom stereocenters. The molecule has 0 saturated carbocycles. The molecule has 0 bridgehead atoms. The van der Waals surface area contributed by atoms with E-state index in [4.69, 9.17) is 5.11 Å². The highest BCUT2D eigenvalue weighted by atomic mass is 19.1. The van der Waals surface area contributed by atoms with Crippen molar-refractivity contribution in [2.75, 3.05) is 7.05 Å². The summed E-state index contributed by atoms with van der Waals surface area (Å²) < 4.78 is 13.6. The second-order valence-electron chi connectivity index (χ2n) is 3.84. The molecule has 2 atom stereocenters. The number of urea groups is 1. The number of benzene rings is 1. The average molecular weight is 238 g/mol. The smallest absolute Gasteiger partial charge is 0.328 e. The number of nitrogens with zero attached hydrogens (tertiary/aromatic N) is 1. The number of carboxylic acid groups (broad SMARTS) is 1. The van der Waals surface area contributed by atoms with E-state index in [1.165, 1.54) is 30.1 Å². The summed E-state index contributed by atoms with van der Waals surface area (Å²) in [6.07, 6.45) is 0. The standard InChI is InChI=1S/C11H11FN2O3/c1-14-9(6-4-2-3-5-7(6)12)8(10(15)16)13-11(14)17/h2-5,8-9H,1H3,(H,13,17)(H,15,16). The van der Waals surface area contributed by atoms with Crippen LogP contribution in [0.15, 0.2) is 24.3 Å². The number of hydrogen-bond donors (Lipinski definition) is 2. The maximum absolute atomic E-state index is 13.6. The van der Waals surface area contributed by atoms with Crippen LogP contribution in [0, 0.1) is 5.82 Å². The number of nitrogens with one attached hydrogen (secondary N) is 1. The van der Waals surface area contributed by atoms with Crippen molar-refractivity contribution in [3.05, 3.63) is 35.6 Å². The fourth-order valence-corrected chi connectivity index (χ4v) is 1.96. The van der Waals surface area contributed by atoms with Crippen LogP contribution < -0.4 is 5.32 Å². The third kappa shape index (κ3) is 1.82. The Morgan fingerprint density at radius 1 is 1.47 bits per heavy atom. The fourth-order valence-electron chi connectivity index (χ4n) is 1.96. The van der Waals surface area contributed by atoms with E-state index in [9.17, 15) is 14.0 Å². The minimum atomic E-state index is -1.18. The number of likely N-dealkylation sites (N-methyl/N-ethyl adjacent to an activating group) is 1. The Hall–Kier alpha value is -2.11. The number of hydrogen-bond acceptors (Lipinski definition) is 2. The van der Waals surface area contributed by atoms with Gasteiger partial charge in [-0.1, -0.05) is 18.2 Å². The lowest BCUT2D eigenvalue weighted by Crippen LogP contribution is -2.36. The highest BCUT2D eigenvalue weighted by molar-refractivity contribution is 5.87. The Kier molecular flexibility index (Phi) is 2.71. The molecule has 2 amide bonds. The summed E-state index contributed by atoms with van der Waals surface area (Å²) in [4.78, 5) is 23.6. The molecule has 1 aliphatic rings. The molecule has 1 aromatic rings. The number of halogens is 1. The van der Waals surface area contributed by atoms with E-state index in [0.717, 1.165) is 0 Å². The zero-order chi connectivity index (χ0) is 12.6. The topological polar surface area (TPSA) is 69.6 Å². The van der Waals surface area contributed by atoms with Gasteiger partial charge in [0.05, 0.1) is 6.04 Å². The molecule has 2 N–H and O–H groups in total. The van der Waals surface area contributed by atoms with Gasteiger partial charge in [0.2, 0.25) is 0 Å². The van der Waals surface area contributed by atoms with Gasteiger partial charge in [-0.25, -0.2) is 14.0 Å². The molecule has 1 heterocycles. The molecule has 1 saturated heterocycles. The van der Waals surface area contributed by atoms with Crippen molar-refractivity contribution in [3.8, 4) is 0 Å². The Labute approximate surface area is 96.8 Å². The largest absolute Gasteiger partial charge is 0.480 e. The van der Waals surface area contributed by atoms with Gasteiger partial charge < -0.3 is 15.3 Å². The Morgan fingerprint density at radius 2 is 2.12 bits per heavy atom. The maximum Gasteiger partial charge on any atom is 0.328 e. The molecular formula is C11H11FN2O3. The number of carboxylic acids is 1. The van der Waals surface area contributed by atoms with E-state index in [1.807, 2.05) is 0 Å². The van der Waals surface area contributed by atoms with Crippen LogP contribution in [0.1, 0.15) is 11.6 Å². The molecule has 0 radical (unpaired) electrons. The van der Waals surface area contributed by atoms with Gasteiger partial charge >= 0.3 is 12.0 Å². The van der Waals surface area contributed by atoms with Crippen LogP contribution in [0.25, 0.3) is 0 Å². The lowest BCUT2D eigenvalue weighted by Gasteiger charge is -2.21. The zero-order valence-electron chi connectivity index (χ0n) is 9.05. The van der Waals surface area contributed by atoms with Crippen molar-refractivity contribution >= 4 is 12.0 Å². The van der Waals surface area contributed by atoms with Gasteiger partial charge in [0.25, 0.3) is 0 Å². The van der Waals surface area contributed by atoms with Gasteiger partial charge in [0, 0.05) is 12.6 Å². The SMILES string of the molecule is CN1C(=O)NC(C(=O)O)C1c1ccccc1F. The summed E-state index contributed by atoms with van der Waals surface area (Å²) >= 11 is 0. The van der Waals surface area contributed by atoms with Crippen molar-refractivity contribution in [2.24, 2.45) is 0 Å². The molecule has 1 aliphatic heterocycles. The third-order valence-corrected chi connectivity index (χ3v) is 2.82. The van der Waals surface area contributed by atoms with Crippen LogP contribution in [-0.4, -0.2) is 35.1 Å². The minimum absolute atomic E-state index is 0.195. The van der Waals surface area contributed by atoms with Gasteiger partial charge in [-0.3, -0.25) is 0 Å². The molecule has 1 aromatic carbocycles. The predicted octanol–water partition coefficient (Wildman–Crippen LogP) is 0.975. The molecule has 6 heteroatoms. The van der Waals surface area contributed by atoms with Crippen molar-refractivity contribution in [1.82, 2.24) is 10.2 Å². The molecule has 0 aliphatic carbocycles. The quantitative estimate of drug-likeness (QED) is 0.806. The first-order valence-corrected chi connectivity index (χ1v) is 5.03. The number of aliphatic carboxylic acids is 1. The minimum Gasteiger partial charge on any atom is -0.480 e. The van der Waals surface area contributed by atoms with Crippen molar-refractivity contribution in [1.29, 1.82) is 0 Å². The first-order chi connectivity index (χ1) is 8.02. The number of rotatable bonds is 2. The van der Waals surface area contributed by atoms with Crippen LogP contribution in [0.4, 0.5) is 9.18 Å². The van der Waals surface area contributed by atoms with Crippen LogP contribution in [0.3, 0.4) is 0 Å². The summed E-state index contributed by atoms with van der Waals surface area (Å²) in [5, 5.41) is 11.3. The van der Waals surface area contributed by atoms with Crippen molar-refractivity contribution in [3.63, 3.8) is 0 Å². The molecular weight excluding hydrogens is 227 g/mol. The van der Waals surface area contributed by atoms with Gasteiger partial charge in [0.15, 0.2) is 6.04 Å². The Bertz CT molecular complexity index is 478. The zero-order valence-corrected chi connectivity index (χ0v) is 9.05. The molecule has 0 aromatic heterocycles. The highest BCUT2D eigenvalue weighted by Gasteiger charge is 2.43. The number of amides is 2. The second kappa shape index (κ2) is 4.04. The van der Waals surface area contributed by atoms with Crippen molar-refractivity contribution < 1.29 is 19.1 Å². The number of carbonyl (C=O) groups excluding carboxylic acids is 1. The van der Waals surface area contributed by atoms with Gasteiger partial charge in [-0.05, 0) is 6.07 Å². The van der Waals surface area contributed by atoms with E-state index in [-0.39, 0.29) is 5.56 Å². The summed E-state index contributed by atoms with van der Waals surface area (Å²) in [6, 6.07) is 3.35. The third-order valence-electron chi connectivity index (χ3n) is 2.82. The Balaban J connectivity index is 2.44. The predicted molar refractivity (Wildman–Crippen MR) is 56.9 cm³/mol. The van der Waals surface area contributed by atoms with Crippen molar-refractivity contribution in [2.45, 2.75) is 12.1 Å². The molecule has 90 valence electrons. The average Bonchev–Trinajstić information content (AvgIpc) is 2.57. The number of carbonyl (C=O) groups is 2. The highest BCUT2D eigenvalue weighted by Crippen LogP contribution is 2.29. The first-order valence-electron chi connectivity index (χ1n) is 5.03. The van der Waals surface area contributed by atoms with Gasteiger partial charge in [-0.2, -0.15) is 0 Å². The Morgan fingerprint density at radius 3 is 2.71 bits per heavy atom. The van der Waals surface area contributed by atoms with E-state index < -0.39 is 29.9 Å².